The molecule has 8 nitrogen and oxygen atoms in total. The van der Waals surface area contributed by atoms with Crippen molar-refractivity contribution in [2.45, 2.75) is 58.2 Å². The number of fused-ring (bicyclic) bond motifs is 1. The van der Waals surface area contributed by atoms with Crippen molar-refractivity contribution in [2.24, 2.45) is 10.7 Å². The molecule has 36 heavy (non-hydrogen) atoms. The molecule has 2 aromatic heterocycles. The normalized spacial score (nSPS) is 14.9. The number of nitrogens with one attached hydrogen (secondary N) is 1. The minimum Gasteiger partial charge on any atom is -0.474 e. The molecule has 4 rings (SSSR count). The lowest BCUT2D eigenvalue weighted by molar-refractivity contribution is -0.143. The van der Waals surface area contributed by atoms with Crippen molar-refractivity contribution in [3.63, 3.8) is 0 Å². The fourth-order valence-corrected chi connectivity index (χ4v) is 3.24. The monoisotopic (exact) mass is 498 g/mol. The van der Waals surface area contributed by atoms with Crippen LogP contribution < -0.4 is 15.8 Å². The predicted octanol–water partition coefficient (Wildman–Crippen LogP) is 4.21. The highest BCUT2D eigenvalue weighted by Crippen LogP contribution is 2.25. The first kappa shape index (κ1) is 26.8. The van der Waals surface area contributed by atoms with Crippen LogP contribution in [0.2, 0.25) is 0 Å². The van der Waals surface area contributed by atoms with Crippen LogP contribution in [-0.2, 0) is 11.3 Å². The second kappa shape index (κ2) is 12.2. The van der Waals surface area contributed by atoms with Gasteiger partial charge in [0.15, 0.2) is 0 Å². The highest BCUT2D eigenvalue weighted by Gasteiger charge is 2.33. The number of aromatic nitrogens is 3. The number of aliphatic imine (C=N–C) groups is 1. The van der Waals surface area contributed by atoms with Crippen LogP contribution in [-0.4, -0.2) is 51.5 Å². The molecular weight excluding hydrogens is 466 g/mol. The molecule has 2 heterocycles. The summed E-state index contributed by atoms with van der Waals surface area (Å²) in [6.07, 6.45) is 9.48. The second-order valence-corrected chi connectivity index (χ2v) is 8.60. The number of carbonyl (C=O) groups excluding carboxylic acids is 1. The number of hydrogen-bond donors (Lipinski definition) is 2. The van der Waals surface area contributed by atoms with Gasteiger partial charge in [0.1, 0.15) is 6.10 Å². The standard InChI is InChI=1S/C18H23F2N5O.C8H9NO/c1-4-22-9-15(8-21)13-5-6-16-14(7-13)10-23-25(16)11-12(2)24-17(26)18(3,19)20;1-2-6-9-8(3-1)10-7-4-5-7/h5-10,12H,4,11,21H2,1-3H3,(H,24,26);1-3,6-7H,4-5H2/b15-8+,22-9?;. The van der Waals surface area contributed by atoms with E-state index < -0.39 is 17.9 Å². The number of carbonyl (C=O) groups is 1. The SMILES string of the molecule is CCN=C/C(=C\N)c1ccc2c(cnn2CC(C)NC(=O)C(C)(F)F)c1.c1ccc(OC2CC2)nc1. The highest BCUT2D eigenvalue weighted by molar-refractivity contribution is 6.10. The molecule has 10 heteroatoms. The van der Waals surface area contributed by atoms with Gasteiger partial charge in [-0.1, -0.05) is 12.1 Å². The van der Waals surface area contributed by atoms with Crippen LogP contribution in [0.5, 0.6) is 5.88 Å². The Bertz CT molecular complexity index is 1200. The Morgan fingerprint density at radius 3 is 2.75 bits per heavy atom. The van der Waals surface area contributed by atoms with Crippen molar-refractivity contribution in [3.8, 4) is 5.88 Å². The fourth-order valence-electron chi connectivity index (χ4n) is 3.24. The van der Waals surface area contributed by atoms with Gasteiger partial charge in [0.2, 0.25) is 5.88 Å². The van der Waals surface area contributed by atoms with Gasteiger partial charge in [-0.15, -0.1) is 0 Å². The van der Waals surface area contributed by atoms with E-state index in [1.165, 1.54) is 19.0 Å². The van der Waals surface area contributed by atoms with Crippen molar-refractivity contribution < 1.29 is 18.3 Å². The molecule has 0 saturated heterocycles. The molecule has 0 bridgehead atoms. The number of allylic oxidation sites excluding steroid dienone is 1. The Morgan fingerprint density at radius 1 is 1.36 bits per heavy atom. The quantitative estimate of drug-likeness (QED) is 0.430. The molecule has 1 fully saturated rings. The summed E-state index contributed by atoms with van der Waals surface area (Å²) in [5.74, 6) is -3.94. The molecule has 1 amide bonds. The summed E-state index contributed by atoms with van der Waals surface area (Å²) in [6.45, 7) is 5.11. The summed E-state index contributed by atoms with van der Waals surface area (Å²) in [5, 5.41) is 7.46. The van der Waals surface area contributed by atoms with E-state index in [4.69, 9.17) is 10.5 Å². The van der Waals surface area contributed by atoms with E-state index >= 15 is 0 Å². The average molecular weight is 499 g/mol. The molecule has 0 aliphatic heterocycles. The van der Waals surface area contributed by atoms with Gasteiger partial charge in [0.25, 0.3) is 5.91 Å². The molecule has 3 aromatic rings. The van der Waals surface area contributed by atoms with Crippen molar-refractivity contribution in [1.29, 1.82) is 0 Å². The third-order valence-corrected chi connectivity index (χ3v) is 5.24. The topological polar surface area (TPSA) is 107 Å². The van der Waals surface area contributed by atoms with E-state index in [1.807, 2.05) is 43.3 Å². The Morgan fingerprint density at radius 2 is 2.14 bits per heavy atom. The van der Waals surface area contributed by atoms with E-state index in [0.717, 1.165) is 27.9 Å². The third-order valence-electron chi connectivity index (χ3n) is 5.24. The van der Waals surface area contributed by atoms with E-state index in [9.17, 15) is 13.6 Å². The molecule has 0 radical (unpaired) electrons. The highest BCUT2D eigenvalue weighted by atomic mass is 19.3. The second-order valence-electron chi connectivity index (χ2n) is 8.60. The zero-order valence-electron chi connectivity index (χ0n) is 20.7. The van der Waals surface area contributed by atoms with Crippen LogP contribution in [0.3, 0.4) is 0 Å². The summed E-state index contributed by atoms with van der Waals surface area (Å²) >= 11 is 0. The maximum absolute atomic E-state index is 13.0. The average Bonchev–Trinajstić information content (AvgIpc) is 3.58. The van der Waals surface area contributed by atoms with Crippen molar-refractivity contribution >= 4 is 28.6 Å². The molecule has 1 aromatic carbocycles. The van der Waals surface area contributed by atoms with Gasteiger partial charge < -0.3 is 15.8 Å². The van der Waals surface area contributed by atoms with Crippen LogP contribution in [0.4, 0.5) is 8.78 Å². The maximum Gasteiger partial charge on any atom is 0.321 e. The number of halogens is 2. The Kier molecular flexibility index (Phi) is 9.10. The van der Waals surface area contributed by atoms with Crippen molar-refractivity contribution in [2.75, 3.05) is 6.54 Å². The van der Waals surface area contributed by atoms with Crippen LogP contribution in [0.1, 0.15) is 39.2 Å². The van der Waals surface area contributed by atoms with Crippen LogP contribution in [0.15, 0.2) is 60.0 Å². The van der Waals surface area contributed by atoms with Crippen LogP contribution in [0, 0.1) is 0 Å². The lowest BCUT2D eigenvalue weighted by Gasteiger charge is -2.17. The minimum atomic E-state index is -3.40. The molecule has 0 spiro atoms. The number of nitrogens with two attached hydrogens (primary N) is 1. The van der Waals surface area contributed by atoms with Crippen molar-refractivity contribution in [1.82, 2.24) is 20.1 Å². The largest absolute Gasteiger partial charge is 0.474 e. The van der Waals surface area contributed by atoms with Gasteiger partial charge in [-0.2, -0.15) is 13.9 Å². The van der Waals surface area contributed by atoms with Crippen molar-refractivity contribution in [3.05, 3.63) is 60.6 Å². The number of rotatable bonds is 9. The fraction of sp³-hybridized carbons (Fsp3) is 0.385. The van der Waals surface area contributed by atoms with E-state index in [1.54, 1.807) is 30.2 Å². The van der Waals surface area contributed by atoms with E-state index in [2.05, 4.69) is 20.4 Å². The number of benzene rings is 1. The number of alkyl halides is 2. The molecule has 192 valence electrons. The zero-order chi connectivity index (χ0) is 26.1. The molecule has 1 aliphatic carbocycles. The van der Waals surface area contributed by atoms with Gasteiger partial charge >= 0.3 is 5.92 Å². The first-order valence-electron chi connectivity index (χ1n) is 11.9. The number of ether oxygens (including phenoxy) is 1. The van der Waals surface area contributed by atoms with Gasteiger partial charge in [-0.05, 0) is 50.5 Å². The summed E-state index contributed by atoms with van der Waals surface area (Å²) in [5.41, 5.74) is 8.21. The lowest BCUT2D eigenvalue weighted by Crippen LogP contribution is -2.44. The van der Waals surface area contributed by atoms with Gasteiger partial charge in [0, 0.05) is 55.1 Å². The molecule has 1 aliphatic rings. The predicted molar refractivity (Wildman–Crippen MR) is 137 cm³/mol. The summed E-state index contributed by atoms with van der Waals surface area (Å²) < 4.78 is 33.1. The van der Waals surface area contributed by atoms with Gasteiger partial charge in [0.05, 0.1) is 18.3 Å². The minimum absolute atomic E-state index is 0.279. The van der Waals surface area contributed by atoms with E-state index in [-0.39, 0.29) is 6.54 Å². The Hall–Kier alpha value is -3.82. The number of amides is 1. The Balaban J connectivity index is 0.000000297. The van der Waals surface area contributed by atoms with E-state index in [0.29, 0.717) is 19.6 Å². The van der Waals surface area contributed by atoms with Crippen LogP contribution >= 0.6 is 0 Å². The first-order valence-corrected chi connectivity index (χ1v) is 11.9. The molecule has 1 unspecified atom stereocenters. The molecule has 3 N–H and O–H groups in total. The maximum atomic E-state index is 13.0. The Labute approximate surface area is 209 Å². The number of nitrogens with zero attached hydrogens (tertiary/aromatic N) is 4. The smallest absolute Gasteiger partial charge is 0.321 e. The van der Waals surface area contributed by atoms with Gasteiger partial charge in [-0.3, -0.25) is 14.5 Å². The molecule has 1 atom stereocenters. The summed E-state index contributed by atoms with van der Waals surface area (Å²) in [6, 6.07) is 10.9. The summed E-state index contributed by atoms with van der Waals surface area (Å²) in [7, 11) is 0. The zero-order valence-corrected chi connectivity index (χ0v) is 20.7. The number of pyridine rings is 1. The summed E-state index contributed by atoms with van der Waals surface area (Å²) in [4.78, 5) is 19.6. The lowest BCUT2D eigenvalue weighted by atomic mass is 10.1. The van der Waals surface area contributed by atoms with Gasteiger partial charge in [-0.25, -0.2) is 4.98 Å². The molecular formula is C26H32F2N6O2. The molecule has 1 saturated carbocycles. The number of hydrogen-bond acceptors (Lipinski definition) is 6. The third kappa shape index (κ3) is 7.86. The van der Waals surface area contributed by atoms with Crippen LogP contribution in [0.25, 0.3) is 16.5 Å². The first-order chi connectivity index (χ1) is 17.2.